The molecule has 1 aliphatic rings. The van der Waals surface area contributed by atoms with Gasteiger partial charge in [0.25, 0.3) is 11.8 Å². The molecule has 8 heteroatoms. The molecule has 1 aromatic carbocycles. The normalized spacial score (nSPS) is 18.4. The van der Waals surface area contributed by atoms with Crippen LogP contribution >= 0.6 is 15.9 Å². The topological polar surface area (TPSA) is 91.4 Å². The molecule has 2 atom stereocenters. The number of aryl methyl sites for hydroxylation is 1. The van der Waals surface area contributed by atoms with Gasteiger partial charge >= 0.3 is 0 Å². The van der Waals surface area contributed by atoms with Crippen LogP contribution in [0.5, 0.6) is 0 Å². The van der Waals surface area contributed by atoms with Crippen molar-refractivity contribution in [1.82, 2.24) is 15.2 Å². The summed E-state index contributed by atoms with van der Waals surface area (Å²) in [5.41, 5.74) is 1.82. The number of carbonyl (C=O) groups excluding carboxylic acids is 3. The number of carbonyl (C=O) groups is 3. The molecule has 0 unspecified atom stereocenters. The molecule has 164 valence electrons. The predicted octanol–water partition coefficient (Wildman–Crippen LogP) is 3.64. The molecule has 0 radical (unpaired) electrons. The molecule has 1 aromatic heterocycles. The highest BCUT2D eigenvalue weighted by molar-refractivity contribution is 9.10. The van der Waals surface area contributed by atoms with Gasteiger partial charge in [-0.2, -0.15) is 0 Å². The van der Waals surface area contributed by atoms with E-state index in [1.54, 1.807) is 43.3 Å². The lowest BCUT2D eigenvalue weighted by atomic mass is 9.91. The van der Waals surface area contributed by atoms with Gasteiger partial charge in [-0.3, -0.25) is 14.4 Å². The standard InChI is InChI=1S/C23H27BrN4O3/c1-14-9-15(2)13-28(12-14)23(31)18-10-17(24)7-8-19(18)27-21(29)11-25-22(30)20-6-4-5-16(3)26-20/h4-8,10,14-15H,9,11-13H2,1-3H3,(H,25,30)(H,27,29)/t14-,15+. The van der Waals surface area contributed by atoms with E-state index in [4.69, 9.17) is 0 Å². The Labute approximate surface area is 190 Å². The zero-order valence-corrected chi connectivity index (χ0v) is 19.5. The molecule has 1 saturated heterocycles. The molecule has 0 bridgehead atoms. The molecule has 0 saturated carbocycles. The van der Waals surface area contributed by atoms with E-state index < -0.39 is 11.8 Å². The molecular formula is C23H27BrN4O3. The summed E-state index contributed by atoms with van der Waals surface area (Å²) in [6.45, 7) is 7.25. The van der Waals surface area contributed by atoms with Crippen LogP contribution in [0, 0.1) is 18.8 Å². The SMILES string of the molecule is Cc1cccc(C(=O)NCC(=O)Nc2ccc(Br)cc2C(=O)N2C[C@H](C)C[C@H](C)C2)n1. The number of hydrogen-bond donors (Lipinski definition) is 2. The average molecular weight is 487 g/mol. The third-order valence-electron chi connectivity index (χ3n) is 5.17. The zero-order chi connectivity index (χ0) is 22.5. The number of likely N-dealkylation sites (tertiary alicyclic amines) is 1. The van der Waals surface area contributed by atoms with Crippen molar-refractivity contribution in [2.45, 2.75) is 27.2 Å². The van der Waals surface area contributed by atoms with Crippen LogP contribution < -0.4 is 10.6 Å². The van der Waals surface area contributed by atoms with Gasteiger partial charge in [0.15, 0.2) is 0 Å². The molecule has 7 nitrogen and oxygen atoms in total. The van der Waals surface area contributed by atoms with Gasteiger partial charge in [0.2, 0.25) is 5.91 Å². The fourth-order valence-corrected chi connectivity index (χ4v) is 4.28. The molecule has 1 aliphatic heterocycles. The molecule has 3 rings (SSSR count). The highest BCUT2D eigenvalue weighted by Crippen LogP contribution is 2.27. The van der Waals surface area contributed by atoms with Crippen molar-refractivity contribution in [3.05, 3.63) is 57.8 Å². The van der Waals surface area contributed by atoms with Gasteiger partial charge < -0.3 is 15.5 Å². The summed E-state index contributed by atoms with van der Waals surface area (Å²) in [5.74, 6) is -0.0883. The molecule has 3 amide bonds. The number of nitrogens with one attached hydrogen (secondary N) is 2. The monoisotopic (exact) mass is 486 g/mol. The lowest BCUT2D eigenvalue weighted by Gasteiger charge is -2.35. The Morgan fingerprint density at radius 1 is 1.13 bits per heavy atom. The Morgan fingerprint density at radius 2 is 1.84 bits per heavy atom. The lowest BCUT2D eigenvalue weighted by molar-refractivity contribution is -0.115. The number of nitrogens with zero attached hydrogens (tertiary/aromatic N) is 2. The van der Waals surface area contributed by atoms with E-state index >= 15 is 0 Å². The Morgan fingerprint density at radius 3 is 2.52 bits per heavy atom. The van der Waals surface area contributed by atoms with E-state index in [0.29, 0.717) is 36.2 Å². The second kappa shape index (κ2) is 10.0. The summed E-state index contributed by atoms with van der Waals surface area (Å²) in [7, 11) is 0. The average Bonchev–Trinajstić information content (AvgIpc) is 2.72. The van der Waals surface area contributed by atoms with Gasteiger partial charge in [0.1, 0.15) is 5.69 Å². The van der Waals surface area contributed by atoms with Crippen molar-refractivity contribution < 1.29 is 14.4 Å². The van der Waals surface area contributed by atoms with E-state index in [1.165, 1.54) is 0 Å². The van der Waals surface area contributed by atoms with Crippen LogP contribution in [-0.4, -0.2) is 47.2 Å². The smallest absolute Gasteiger partial charge is 0.270 e. The maximum atomic E-state index is 13.2. The van der Waals surface area contributed by atoms with Crippen LogP contribution in [0.1, 0.15) is 46.8 Å². The maximum absolute atomic E-state index is 13.2. The number of piperidine rings is 1. The highest BCUT2D eigenvalue weighted by atomic mass is 79.9. The summed E-state index contributed by atoms with van der Waals surface area (Å²) >= 11 is 3.41. The number of rotatable bonds is 5. The Kier molecular flexibility index (Phi) is 7.43. The van der Waals surface area contributed by atoms with Crippen molar-refractivity contribution in [3.63, 3.8) is 0 Å². The Balaban J connectivity index is 1.68. The van der Waals surface area contributed by atoms with Crippen LogP contribution in [0.2, 0.25) is 0 Å². The molecule has 2 aromatic rings. The molecule has 0 aliphatic carbocycles. The molecule has 31 heavy (non-hydrogen) atoms. The summed E-state index contributed by atoms with van der Waals surface area (Å²) in [5, 5.41) is 5.32. The van der Waals surface area contributed by atoms with Crippen molar-refractivity contribution in [2.24, 2.45) is 11.8 Å². The first kappa shape index (κ1) is 22.9. The first-order chi connectivity index (χ1) is 14.7. The number of aromatic nitrogens is 1. The lowest BCUT2D eigenvalue weighted by Crippen LogP contribution is -2.43. The minimum atomic E-state index is -0.428. The van der Waals surface area contributed by atoms with E-state index in [9.17, 15) is 14.4 Å². The second-order valence-electron chi connectivity index (χ2n) is 8.24. The number of amides is 3. The van der Waals surface area contributed by atoms with Crippen molar-refractivity contribution in [3.8, 4) is 0 Å². The van der Waals surface area contributed by atoms with Crippen LogP contribution in [0.15, 0.2) is 40.9 Å². The summed E-state index contributed by atoms with van der Waals surface area (Å²) in [6.07, 6.45) is 1.10. The van der Waals surface area contributed by atoms with E-state index in [-0.39, 0.29) is 18.1 Å². The molecule has 1 fully saturated rings. The highest BCUT2D eigenvalue weighted by Gasteiger charge is 2.28. The number of pyridine rings is 1. The Hall–Kier alpha value is -2.74. The first-order valence-corrected chi connectivity index (χ1v) is 11.1. The minimum absolute atomic E-state index is 0.108. The number of hydrogen-bond acceptors (Lipinski definition) is 4. The van der Waals surface area contributed by atoms with Crippen LogP contribution in [0.25, 0.3) is 0 Å². The minimum Gasteiger partial charge on any atom is -0.342 e. The largest absolute Gasteiger partial charge is 0.342 e. The van der Waals surface area contributed by atoms with Crippen LogP contribution in [0.3, 0.4) is 0 Å². The van der Waals surface area contributed by atoms with E-state index in [1.807, 2.05) is 4.90 Å². The molecule has 2 heterocycles. The van der Waals surface area contributed by atoms with Gasteiger partial charge in [0.05, 0.1) is 17.8 Å². The summed E-state index contributed by atoms with van der Waals surface area (Å²) in [4.78, 5) is 43.9. The number of benzene rings is 1. The number of halogens is 1. The third-order valence-corrected chi connectivity index (χ3v) is 5.67. The van der Waals surface area contributed by atoms with Gasteiger partial charge in [-0.15, -0.1) is 0 Å². The van der Waals surface area contributed by atoms with Gasteiger partial charge in [0, 0.05) is 23.3 Å². The van der Waals surface area contributed by atoms with Crippen LogP contribution in [-0.2, 0) is 4.79 Å². The van der Waals surface area contributed by atoms with E-state index in [0.717, 1.165) is 16.6 Å². The maximum Gasteiger partial charge on any atom is 0.270 e. The summed E-state index contributed by atoms with van der Waals surface area (Å²) < 4.78 is 0.755. The van der Waals surface area contributed by atoms with Crippen molar-refractivity contribution >= 4 is 39.3 Å². The number of anilines is 1. The zero-order valence-electron chi connectivity index (χ0n) is 17.9. The van der Waals surface area contributed by atoms with Gasteiger partial charge in [-0.1, -0.05) is 35.8 Å². The van der Waals surface area contributed by atoms with Crippen LogP contribution in [0.4, 0.5) is 5.69 Å². The molecule has 2 N–H and O–H groups in total. The summed E-state index contributed by atoms with van der Waals surface area (Å²) in [6, 6.07) is 10.3. The van der Waals surface area contributed by atoms with Crippen molar-refractivity contribution in [2.75, 3.05) is 25.0 Å². The quantitative estimate of drug-likeness (QED) is 0.674. The fraction of sp³-hybridized carbons (Fsp3) is 0.391. The predicted molar refractivity (Wildman–Crippen MR) is 123 cm³/mol. The second-order valence-corrected chi connectivity index (χ2v) is 9.16. The van der Waals surface area contributed by atoms with Crippen molar-refractivity contribution in [1.29, 1.82) is 0 Å². The molecule has 0 spiro atoms. The fourth-order valence-electron chi connectivity index (χ4n) is 3.92. The van der Waals surface area contributed by atoms with E-state index in [2.05, 4.69) is 45.4 Å². The Bertz CT molecular complexity index is 985. The first-order valence-electron chi connectivity index (χ1n) is 10.3. The van der Waals surface area contributed by atoms with Gasteiger partial charge in [-0.25, -0.2) is 4.98 Å². The van der Waals surface area contributed by atoms with Gasteiger partial charge in [-0.05, 0) is 55.5 Å². The third kappa shape index (κ3) is 6.13. The molecular weight excluding hydrogens is 460 g/mol.